The molecule has 2 aromatic heterocycles. The van der Waals surface area contributed by atoms with Gasteiger partial charge in [-0.15, -0.1) is 10.2 Å². The minimum absolute atomic E-state index is 0.217. The molecular weight excluding hydrogens is 398 g/mol. The SMILES string of the molecule is Cc1cccc(OCc2nnc(SCc3ncc(-c4cccc(Cl)c4)o3)o2)c1. The van der Waals surface area contributed by atoms with E-state index in [1.54, 1.807) is 6.20 Å². The van der Waals surface area contributed by atoms with Crippen LogP contribution in [0.5, 0.6) is 5.75 Å². The van der Waals surface area contributed by atoms with Crippen molar-refractivity contribution in [3.05, 3.63) is 77.1 Å². The van der Waals surface area contributed by atoms with E-state index in [-0.39, 0.29) is 6.61 Å². The molecule has 0 saturated heterocycles. The first-order chi connectivity index (χ1) is 13.7. The number of benzene rings is 2. The van der Waals surface area contributed by atoms with E-state index < -0.39 is 0 Å². The minimum atomic E-state index is 0.217. The molecule has 6 nitrogen and oxygen atoms in total. The first kappa shape index (κ1) is 18.6. The third-order valence-corrected chi connectivity index (χ3v) is 4.82. The molecule has 0 spiro atoms. The largest absolute Gasteiger partial charge is 0.484 e. The first-order valence-electron chi connectivity index (χ1n) is 8.51. The van der Waals surface area contributed by atoms with Gasteiger partial charge < -0.3 is 13.6 Å². The second kappa shape index (κ2) is 8.50. The number of halogens is 1. The van der Waals surface area contributed by atoms with E-state index in [1.807, 2.05) is 55.5 Å². The van der Waals surface area contributed by atoms with Crippen molar-refractivity contribution >= 4 is 23.4 Å². The van der Waals surface area contributed by atoms with Crippen LogP contribution in [-0.4, -0.2) is 15.2 Å². The zero-order chi connectivity index (χ0) is 19.3. The Hall–Kier alpha value is -2.77. The zero-order valence-electron chi connectivity index (χ0n) is 15.0. The number of nitrogens with zero attached hydrogens (tertiary/aromatic N) is 3. The lowest BCUT2D eigenvalue weighted by molar-refractivity contribution is 0.252. The van der Waals surface area contributed by atoms with Crippen LogP contribution >= 0.6 is 23.4 Å². The Balaban J connectivity index is 1.32. The number of aryl methyl sites for hydroxylation is 1. The number of hydrogen-bond donors (Lipinski definition) is 0. The molecule has 4 aromatic rings. The molecule has 0 aliphatic rings. The van der Waals surface area contributed by atoms with E-state index in [4.69, 9.17) is 25.2 Å². The van der Waals surface area contributed by atoms with Crippen LogP contribution < -0.4 is 4.74 Å². The third kappa shape index (κ3) is 4.74. The van der Waals surface area contributed by atoms with Crippen molar-refractivity contribution in [1.82, 2.24) is 15.2 Å². The maximum Gasteiger partial charge on any atom is 0.277 e. The van der Waals surface area contributed by atoms with Gasteiger partial charge in [0.15, 0.2) is 12.4 Å². The predicted molar refractivity (Wildman–Crippen MR) is 106 cm³/mol. The maximum atomic E-state index is 6.01. The van der Waals surface area contributed by atoms with Gasteiger partial charge in [0.25, 0.3) is 11.1 Å². The van der Waals surface area contributed by atoms with Gasteiger partial charge in [-0.1, -0.05) is 47.6 Å². The van der Waals surface area contributed by atoms with Crippen molar-refractivity contribution in [3.8, 4) is 17.1 Å². The topological polar surface area (TPSA) is 74.2 Å². The lowest BCUT2D eigenvalue weighted by atomic mass is 10.2. The summed E-state index contributed by atoms with van der Waals surface area (Å²) >= 11 is 7.37. The summed E-state index contributed by atoms with van der Waals surface area (Å²) in [4.78, 5) is 4.28. The zero-order valence-corrected chi connectivity index (χ0v) is 16.5. The van der Waals surface area contributed by atoms with Crippen LogP contribution in [0.4, 0.5) is 0 Å². The number of rotatable bonds is 7. The van der Waals surface area contributed by atoms with Crippen molar-refractivity contribution in [2.24, 2.45) is 0 Å². The highest BCUT2D eigenvalue weighted by molar-refractivity contribution is 7.98. The number of aromatic nitrogens is 3. The predicted octanol–water partition coefficient (Wildman–Crippen LogP) is 5.56. The molecule has 0 aliphatic heterocycles. The summed E-state index contributed by atoms with van der Waals surface area (Å²) in [5, 5.41) is 9.10. The number of hydrogen-bond acceptors (Lipinski definition) is 7. The molecule has 0 unspecified atom stereocenters. The molecule has 28 heavy (non-hydrogen) atoms. The van der Waals surface area contributed by atoms with Gasteiger partial charge in [0.2, 0.25) is 5.89 Å². The molecule has 0 radical (unpaired) electrons. The molecule has 0 atom stereocenters. The number of oxazole rings is 1. The van der Waals surface area contributed by atoms with Gasteiger partial charge >= 0.3 is 0 Å². The standard InChI is InChI=1S/C20H16ClN3O3S/c1-13-4-2-7-16(8-13)25-11-18-23-24-20(27-18)28-12-19-22-10-17(26-19)14-5-3-6-15(21)9-14/h2-10H,11-12H2,1H3. The molecule has 142 valence electrons. The van der Waals surface area contributed by atoms with Gasteiger partial charge in [0, 0.05) is 10.6 Å². The van der Waals surface area contributed by atoms with E-state index in [0.29, 0.717) is 33.5 Å². The normalized spacial score (nSPS) is 10.9. The van der Waals surface area contributed by atoms with Crippen molar-refractivity contribution in [2.75, 3.05) is 0 Å². The Morgan fingerprint density at radius 1 is 1.04 bits per heavy atom. The fourth-order valence-electron chi connectivity index (χ4n) is 2.48. The van der Waals surface area contributed by atoms with Crippen LogP contribution in [0.25, 0.3) is 11.3 Å². The Kier molecular flexibility index (Phi) is 5.64. The second-order valence-electron chi connectivity index (χ2n) is 5.98. The van der Waals surface area contributed by atoms with E-state index in [0.717, 1.165) is 16.9 Å². The Morgan fingerprint density at radius 3 is 2.79 bits per heavy atom. The molecule has 2 heterocycles. The summed E-state index contributed by atoms with van der Waals surface area (Å²) in [5.41, 5.74) is 2.01. The smallest absolute Gasteiger partial charge is 0.277 e. The second-order valence-corrected chi connectivity index (χ2v) is 7.35. The average molecular weight is 414 g/mol. The lowest BCUT2D eigenvalue weighted by Gasteiger charge is -2.03. The van der Waals surface area contributed by atoms with Gasteiger partial charge in [-0.3, -0.25) is 0 Å². The van der Waals surface area contributed by atoms with Crippen LogP contribution in [0.1, 0.15) is 17.3 Å². The summed E-state index contributed by atoms with van der Waals surface area (Å²) < 4.78 is 17.0. The molecule has 0 amide bonds. The molecule has 0 saturated carbocycles. The van der Waals surface area contributed by atoms with Crippen molar-refractivity contribution in [3.63, 3.8) is 0 Å². The summed E-state index contributed by atoms with van der Waals surface area (Å²) in [6.07, 6.45) is 1.68. The summed E-state index contributed by atoms with van der Waals surface area (Å²) in [5.74, 6) is 2.88. The van der Waals surface area contributed by atoms with Gasteiger partial charge in [0.05, 0.1) is 11.9 Å². The molecule has 0 bridgehead atoms. The third-order valence-electron chi connectivity index (χ3n) is 3.78. The van der Waals surface area contributed by atoms with Gasteiger partial charge in [-0.05, 0) is 36.8 Å². The van der Waals surface area contributed by atoms with Crippen molar-refractivity contribution < 1.29 is 13.6 Å². The van der Waals surface area contributed by atoms with E-state index in [2.05, 4.69) is 15.2 Å². The molecule has 0 fully saturated rings. The maximum absolute atomic E-state index is 6.01. The van der Waals surface area contributed by atoms with Crippen LogP contribution in [-0.2, 0) is 12.4 Å². The monoisotopic (exact) mass is 413 g/mol. The quantitative estimate of drug-likeness (QED) is 0.367. The minimum Gasteiger partial charge on any atom is -0.484 e. The highest BCUT2D eigenvalue weighted by atomic mass is 35.5. The van der Waals surface area contributed by atoms with Crippen LogP contribution in [0.3, 0.4) is 0 Å². The Bertz CT molecular complexity index is 1080. The van der Waals surface area contributed by atoms with Crippen LogP contribution in [0, 0.1) is 6.92 Å². The summed E-state index contributed by atoms with van der Waals surface area (Å²) in [6.45, 7) is 2.23. The molecule has 4 rings (SSSR count). The van der Waals surface area contributed by atoms with Gasteiger partial charge in [-0.2, -0.15) is 0 Å². The molecular formula is C20H16ClN3O3S. The van der Waals surface area contributed by atoms with Crippen LogP contribution in [0.15, 0.2) is 68.8 Å². The highest BCUT2D eigenvalue weighted by Gasteiger charge is 2.11. The average Bonchev–Trinajstić information content (AvgIpc) is 3.34. The fraction of sp³-hybridized carbons (Fsp3) is 0.150. The first-order valence-corrected chi connectivity index (χ1v) is 9.87. The van der Waals surface area contributed by atoms with Gasteiger partial charge in [-0.25, -0.2) is 4.98 Å². The number of thioether (sulfide) groups is 1. The van der Waals surface area contributed by atoms with Gasteiger partial charge in [0.1, 0.15) is 5.75 Å². The van der Waals surface area contributed by atoms with E-state index >= 15 is 0 Å². The molecule has 2 aromatic carbocycles. The fourth-order valence-corrected chi connectivity index (χ4v) is 3.31. The van der Waals surface area contributed by atoms with Crippen LogP contribution in [0.2, 0.25) is 5.02 Å². The Labute approximate surface area is 170 Å². The van der Waals surface area contributed by atoms with Crippen molar-refractivity contribution in [2.45, 2.75) is 24.5 Å². The molecule has 0 aliphatic carbocycles. The highest BCUT2D eigenvalue weighted by Crippen LogP contribution is 2.27. The molecule has 8 heteroatoms. The van der Waals surface area contributed by atoms with E-state index in [9.17, 15) is 0 Å². The summed E-state index contributed by atoms with van der Waals surface area (Å²) in [7, 11) is 0. The van der Waals surface area contributed by atoms with Crippen molar-refractivity contribution in [1.29, 1.82) is 0 Å². The number of ether oxygens (including phenoxy) is 1. The lowest BCUT2D eigenvalue weighted by Crippen LogP contribution is -1.95. The van der Waals surface area contributed by atoms with E-state index in [1.165, 1.54) is 11.8 Å². The molecule has 0 N–H and O–H groups in total. The Morgan fingerprint density at radius 2 is 1.93 bits per heavy atom. The summed E-state index contributed by atoms with van der Waals surface area (Å²) in [6, 6.07) is 15.2.